The van der Waals surface area contributed by atoms with E-state index in [1.807, 2.05) is 13.0 Å². The maximum Gasteiger partial charge on any atom is 0.340 e. The number of carbonyl (C=O) groups excluding carboxylic acids is 1. The lowest BCUT2D eigenvalue weighted by atomic mass is 10.1. The molecule has 0 fully saturated rings. The number of aryl methyl sites for hydroxylation is 2. The second-order valence-electron chi connectivity index (χ2n) is 4.58. The van der Waals surface area contributed by atoms with E-state index in [4.69, 9.17) is 0 Å². The number of carbonyl (C=O) groups is 2. The van der Waals surface area contributed by atoms with Crippen LogP contribution in [0.4, 0.5) is 5.00 Å². The van der Waals surface area contributed by atoms with Crippen LogP contribution in [-0.4, -0.2) is 28.4 Å². The van der Waals surface area contributed by atoms with Crippen LogP contribution in [0.25, 0.3) is 0 Å². The molecule has 0 aliphatic rings. The summed E-state index contributed by atoms with van der Waals surface area (Å²) in [7, 11) is 1.55. The molecule has 1 N–H and O–H groups in total. The van der Waals surface area contributed by atoms with Crippen molar-refractivity contribution in [2.45, 2.75) is 13.8 Å². The highest BCUT2D eigenvalue weighted by Crippen LogP contribution is 2.29. The molecule has 7 heteroatoms. The molecule has 21 heavy (non-hydrogen) atoms. The number of nitrogens with zero attached hydrogens (tertiary/aromatic N) is 2. The van der Waals surface area contributed by atoms with Gasteiger partial charge in [-0.05, 0) is 43.1 Å². The SMILES string of the molecule is Cc1ccc(C(=O)N(C)c2snc(C)c2C(=O)O)cc1Br. The summed E-state index contributed by atoms with van der Waals surface area (Å²) in [6.45, 7) is 3.54. The van der Waals surface area contributed by atoms with Crippen LogP contribution in [-0.2, 0) is 0 Å². The van der Waals surface area contributed by atoms with E-state index in [9.17, 15) is 14.7 Å². The van der Waals surface area contributed by atoms with E-state index in [-0.39, 0.29) is 11.5 Å². The minimum atomic E-state index is -1.08. The van der Waals surface area contributed by atoms with E-state index in [0.29, 0.717) is 16.3 Å². The van der Waals surface area contributed by atoms with Crippen molar-refractivity contribution in [3.8, 4) is 0 Å². The van der Waals surface area contributed by atoms with Crippen LogP contribution in [0.3, 0.4) is 0 Å². The van der Waals surface area contributed by atoms with Crippen molar-refractivity contribution >= 4 is 44.3 Å². The van der Waals surface area contributed by atoms with Crippen LogP contribution < -0.4 is 4.90 Å². The molecule has 5 nitrogen and oxygen atoms in total. The lowest BCUT2D eigenvalue weighted by Crippen LogP contribution is -2.27. The van der Waals surface area contributed by atoms with Crippen molar-refractivity contribution in [1.82, 2.24) is 4.37 Å². The molecule has 0 aliphatic heterocycles. The zero-order valence-corrected chi connectivity index (χ0v) is 14.1. The maximum absolute atomic E-state index is 12.5. The molecule has 2 rings (SSSR count). The van der Waals surface area contributed by atoms with Gasteiger partial charge in [-0.2, -0.15) is 4.37 Å². The number of anilines is 1. The van der Waals surface area contributed by atoms with Crippen LogP contribution in [0.15, 0.2) is 22.7 Å². The fourth-order valence-electron chi connectivity index (χ4n) is 1.84. The van der Waals surface area contributed by atoms with Crippen molar-refractivity contribution in [1.29, 1.82) is 0 Å². The molecule has 0 saturated heterocycles. The van der Waals surface area contributed by atoms with Crippen LogP contribution in [0.1, 0.15) is 32.0 Å². The highest BCUT2D eigenvalue weighted by molar-refractivity contribution is 9.10. The van der Waals surface area contributed by atoms with Crippen molar-refractivity contribution in [3.05, 3.63) is 45.1 Å². The highest BCUT2D eigenvalue weighted by Gasteiger charge is 2.24. The molecule has 1 amide bonds. The average molecular weight is 369 g/mol. The first kappa shape index (κ1) is 15.7. The molecule has 0 saturated carbocycles. The third-order valence-electron chi connectivity index (χ3n) is 3.09. The van der Waals surface area contributed by atoms with Gasteiger partial charge in [0, 0.05) is 17.1 Å². The number of benzene rings is 1. The van der Waals surface area contributed by atoms with Gasteiger partial charge in [-0.25, -0.2) is 4.79 Å². The number of rotatable bonds is 3. The Kier molecular flexibility index (Phi) is 4.43. The number of halogens is 1. The summed E-state index contributed by atoms with van der Waals surface area (Å²) in [6.07, 6.45) is 0. The molecule has 0 spiro atoms. The van der Waals surface area contributed by atoms with E-state index in [0.717, 1.165) is 21.6 Å². The van der Waals surface area contributed by atoms with Gasteiger partial charge in [-0.1, -0.05) is 22.0 Å². The van der Waals surface area contributed by atoms with Gasteiger partial charge in [0.15, 0.2) is 0 Å². The summed E-state index contributed by atoms with van der Waals surface area (Å²) in [4.78, 5) is 25.1. The quantitative estimate of drug-likeness (QED) is 0.899. The third-order valence-corrected chi connectivity index (χ3v) is 4.96. The summed E-state index contributed by atoms with van der Waals surface area (Å²) in [5, 5.41) is 9.57. The van der Waals surface area contributed by atoms with Crippen molar-refractivity contribution in [2.24, 2.45) is 0 Å². The third kappa shape index (κ3) is 2.98. The number of carboxylic acid groups (broad SMARTS) is 1. The van der Waals surface area contributed by atoms with E-state index in [1.165, 1.54) is 4.90 Å². The molecule has 0 radical (unpaired) electrons. The van der Waals surface area contributed by atoms with Crippen LogP contribution in [0.2, 0.25) is 0 Å². The fraction of sp³-hybridized carbons (Fsp3) is 0.214. The molecule has 0 aliphatic carbocycles. The number of carboxylic acids is 1. The maximum atomic E-state index is 12.5. The minimum Gasteiger partial charge on any atom is -0.478 e. The first-order valence-electron chi connectivity index (χ1n) is 6.06. The number of hydrogen-bond donors (Lipinski definition) is 1. The lowest BCUT2D eigenvalue weighted by Gasteiger charge is -2.16. The molecule has 2 aromatic rings. The molecule has 0 atom stereocenters. The number of aromatic nitrogens is 1. The Hall–Kier alpha value is -1.73. The highest BCUT2D eigenvalue weighted by atomic mass is 79.9. The number of amides is 1. The molecular formula is C14H13BrN2O3S. The first-order valence-corrected chi connectivity index (χ1v) is 7.63. The molecule has 1 heterocycles. The average Bonchev–Trinajstić information content (AvgIpc) is 2.82. The van der Waals surface area contributed by atoms with Gasteiger partial charge < -0.3 is 10.0 Å². The second-order valence-corrected chi connectivity index (χ2v) is 6.19. The standard InChI is InChI=1S/C14H13BrN2O3S/c1-7-4-5-9(6-10(7)15)12(18)17(3)13-11(14(19)20)8(2)16-21-13/h4-6H,1-3H3,(H,19,20). The lowest BCUT2D eigenvalue weighted by molar-refractivity contribution is 0.0697. The van der Waals surface area contributed by atoms with Crippen LogP contribution in [0.5, 0.6) is 0 Å². The fourth-order valence-corrected chi connectivity index (χ4v) is 3.07. The monoisotopic (exact) mass is 368 g/mol. The van der Waals surface area contributed by atoms with Crippen LogP contribution in [0, 0.1) is 13.8 Å². The molecule has 1 aromatic carbocycles. The van der Waals surface area contributed by atoms with Crippen molar-refractivity contribution in [2.75, 3.05) is 11.9 Å². The Labute approximate surface area is 134 Å². The first-order chi connectivity index (χ1) is 9.82. The molecular weight excluding hydrogens is 356 g/mol. The molecule has 0 bridgehead atoms. The van der Waals surface area contributed by atoms with E-state index in [2.05, 4.69) is 20.3 Å². The predicted octanol–water partition coefficient (Wildman–Crippen LogP) is 3.50. The van der Waals surface area contributed by atoms with Gasteiger partial charge >= 0.3 is 5.97 Å². The van der Waals surface area contributed by atoms with Crippen molar-refractivity contribution in [3.63, 3.8) is 0 Å². The normalized spacial score (nSPS) is 10.5. The summed E-state index contributed by atoms with van der Waals surface area (Å²) in [6, 6.07) is 5.27. The van der Waals surface area contributed by atoms with E-state index in [1.54, 1.807) is 26.1 Å². The number of hydrogen-bond acceptors (Lipinski definition) is 4. The van der Waals surface area contributed by atoms with E-state index < -0.39 is 5.97 Å². The zero-order chi connectivity index (χ0) is 15.7. The molecule has 1 aromatic heterocycles. The molecule has 0 unspecified atom stereocenters. The Morgan fingerprint density at radius 3 is 2.57 bits per heavy atom. The van der Waals surface area contributed by atoms with Gasteiger partial charge in [-0.15, -0.1) is 0 Å². The number of aromatic carboxylic acids is 1. The van der Waals surface area contributed by atoms with Gasteiger partial charge in [0.1, 0.15) is 10.6 Å². The Bertz CT molecular complexity index is 727. The minimum absolute atomic E-state index is 0.0713. The van der Waals surface area contributed by atoms with Gasteiger partial charge in [0.2, 0.25) is 0 Å². The summed E-state index contributed by atoms with van der Waals surface area (Å²) < 4.78 is 4.86. The largest absolute Gasteiger partial charge is 0.478 e. The zero-order valence-electron chi connectivity index (χ0n) is 11.7. The molecule has 110 valence electrons. The van der Waals surface area contributed by atoms with Gasteiger partial charge in [0.25, 0.3) is 5.91 Å². The van der Waals surface area contributed by atoms with E-state index >= 15 is 0 Å². The second kappa shape index (κ2) is 5.95. The summed E-state index contributed by atoms with van der Waals surface area (Å²) >= 11 is 4.39. The summed E-state index contributed by atoms with van der Waals surface area (Å²) in [5.74, 6) is -1.36. The Morgan fingerprint density at radius 2 is 2.00 bits per heavy atom. The smallest absolute Gasteiger partial charge is 0.340 e. The summed E-state index contributed by atoms with van der Waals surface area (Å²) in [5.41, 5.74) is 1.99. The van der Waals surface area contributed by atoms with Crippen LogP contribution >= 0.6 is 27.5 Å². The Morgan fingerprint density at radius 1 is 1.33 bits per heavy atom. The topological polar surface area (TPSA) is 70.5 Å². The van der Waals surface area contributed by atoms with Crippen molar-refractivity contribution < 1.29 is 14.7 Å². The van der Waals surface area contributed by atoms with Gasteiger partial charge in [0.05, 0.1) is 5.69 Å². The predicted molar refractivity (Wildman–Crippen MR) is 85.4 cm³/mol. The van der Waals surface area contributed by atoms with Gasteiger partial charge in [-0.3, -0.25) is 4.79 Å². The Balaban J connectivity index is 2.40.